The van der Waals surface area contributed by atoms with Crippen LogP contribution in [0, 0.1) is 0 Å². The molecule has 1 rings (SSSR count). The van der Waals surface area contributed by atoms with Gasteiger partial charge in [0.2, 0.25) is 0 Å². The third-order valence-electron chi connectivity index (χ3n) is 4.05. The van der Waals surface area contributed by atoms with E-state index in [0.717, 1.165) is 36.2 Å². The molecular weight excluding hydrogens is 332 g/mol. The molecule has 0 radical (unpaired) electrons. The minimum Gasteiger partial charge on any atom is -0.376 e. The van der Waals surface area contributed by atoms with Crippen LogP contribution in [0.5, 0.6) is 0 Å². The second-order valence-electron chi connectivity index (χ2n) is 5.77. The lowest BCUT2D eigenvalue weighted by molar-refractivity contribution is -0.0321. The van der Waals surface area contributed by atoms with E-state index in [9.17, 15) is 0 Å². The van der Waals surface area contributed by atoms with E-state index in [4.69, 9.17) is 4.74 Å². The molecule has 0 aliphatic heterocycles. The lowest BCUT2D eigenvalue weighted by Gasteiger charge is -2.37. The van der Waals surface area contributed by atoms with E-state index in [1.165, 1.54) is 0 Å². The molecule has 2 unspecified atom stereocenters. The van der Waals surface area contributed by atoms with Gasteiger partial charge in [0.1, 0.15) is 0 Å². The molecule has 122 valence electrons. The van der Waals surface area contributed by atoms with Gasteiger partial charge in [0.15, 0.2) is 0 Å². The number of ether oxygens (including phenoxy) is 1. The molecule has 2 atom stereocenters. The maximum atomic E-state index is 5.83. The highest BCUT2D eigenvalue weighted by Gasteiger charge is 2.36. The van der Waals surface area contributed by atoms with Crippen LogP contribution in [0.3, 0.4) is 0 Å². The summed E-state index contributed by atoms with van der Waals surface area (Å²) in [5.74, 6) is 0. The van der Waals surface area contributed by atoms with Gasteiger partial charge in [-0.2, -0.15) is 5.10 Å². The van der Waals surface area contributed by atoms with Crippen molar-refractivity contribution < 1.29 is 4.74 Å². The number of aromatic nitrogens is 2. The average molecular weight is 361 g/mol. The standard InChI is InChI=1S/C15H29BrN4O/c1-7-15(3,21-6)14(17-8-2)13-12(16)11-18-20(13)10-9-19(4)5/h11,14,17H,7-10H2,1-6H3. The van der Waals surface area contributed by atoms with Gasteiger partial charge in [0.25, 0.3) is 0 Å². The SMILES string of the molecule is CCNC(c1c(Br)cnn1CCN(C)C)C(C)(CC)OC. The van der Waals surface area contributed by atoms with Crippen molar-refractivity contribution in [3.8, 4) is 0 Å². The quantitative estimate of drug-likeness (QED) is 0.734. The van der Waals surface area contributed by atoms with E-state index in [-0.39, 0.29) is 11.6 Å². The van der Waals surface area contributed by atoms with Gasteiger partial charge in [-0.3, -0.25) is 4.68 Å². The van der Waals surface area contributed by atoms with Gasteiger partial charge in [0.05, 0.1) is 34.6 Å². The Kier molecular flexibility index (Phi) is 7.33. The zero-order valence-electron chi connectivity index (χ0n) is 14.1. The first-order valence-corrected chi connectivity index (χ1v) is 8.33. The van der Waals surface area contributed by atoms with Crippen molar-refractivity contribution in [2.24, 2.45) is 0 Å². The van der Waals surface area contributed by atoms with Crippen LogP contribution in [0.15, 0.2) is 10.7 Å². The Morgan fingerprint density at radius 2 is 2.14 bits per heavy atom. The van der Waals surface area contributed by atoms with Crippen molar-refractivity contribution in [1.82, 2.24) is 20.0 Å². The molecular formula is C15H29BrN4O. The van der Waals surface area contributed by atoms with Gasteiger partial charge in [-0.1, -0.05) is 13.8 Å². The highest BCUT2D eigenvalue weighted by Crippen LogP contribution is 2.35. The maximum absolute atomic E-state index is 5.83. The molecule has 6 heteroatoms. The van der Waals surface area contributed by atoms with Gasteiger partial charge in [0, 0.05) is 13.7 Å². The molecule has 1 heterocycles. The zero-order chi connectivity index (χ0) is 16.0. The van der Waals surface area contributed by atoms with Gasteiger partial charge in [-0.05, 0) is 49.9 Å². The average Bonchev–Trinajstić information content (AvgIpc) is 2.82. The molecule has 0 bridgehead atoms. The van der Waals surface area contributed by atoms with Crippen LogP contribution >= 0.6 is 15.9 Å². The van der Waals surface area contributed by atoms with Crippen LogP contribution in [-0.4, -0.2) is 54.6 Å². The summed E-state index contributed by atoms with van der Waals surface area (Å²) in [4.78, 5) is 2.16. The van der Waals surface area contributed by atoms with E-state index in [0.29, 0.717) is 0 Å². The van der Waals surface area contributed by atoms with Crippen LogP contribution in [-0.2, 0) is 11.3 Å². The first kappa shape index (κ1) is 18.6. The third-order valence-corrected chi connectivity index (χ3v) is 4.66. The molecule has 1 aromatic rings. The molecule has 0 aliphatic rings. The number of hydrogen-bond acceptors (Lipinski definition) is 4. The van der Waals surface area contributed by atoms with Crippen molar-refractivity contribution in [3.63, 3.8) is 0 Å². The normalized spacial score (nSPS) is 16.2. The van der Waals surface area contributed by atoms with E-state index in [1.807, 2.05) is 6.20 Å². The minimum absolute atomic E-state index is 0.0940. The lowest BCUT2D eigenvalue weighted by Crippen LogP contribution is -2.44. The van der Waals surface area contributed by atoms with Gasteiger partial charge in [-0.15, -0.1) is 0 Å². The summed E-state index contributed by atoms with van der Waals surface area (Å²) >= 11 is 3.65. The Balaban J connectivity index is 3.15. The molecule has 0 saturated heterocycles. The fourth-order valence-electron chi connectivity index (χ4n) is 2.40. The molecule has 0 amide bonds. The van der Waals surface area contributed by atoms with Crippen LogP contribution in [0.4, 0.5) is 0 Å². The summed E-state index contributed by atoms with van der Waals surface area (Å²) in [5.41, 5.74) is 0.888. The summed E-state index contributed by atoms with van der Waals surface area (Å²) in [6.45, 7) is 9.12. The molecule has 1 N–H and O–H groups in total. The molecule has 5 nitrogen and oxygen atoms in total. The number of likely N-dealkylation sites (N-methyl/N-ethyl adjacent to an activating group) is 2. The first-order chi connectivity index (χ1) is 9.89. The Morgan fingerprint density at radius 1 is 1.48 bits per heavy atom. The van der Waals surface area contributed by atoms with Crippen LogP contribution in [0.2, 0.25) is 0 Å². The molecule has 0 saturated carbocycles. The third kappa shape index (κ3) is 4.52. The number of methoxy groups -OCH3 is 1. The van der Waals surface area contributed by atoms with Gasteiger partial charge >= 0.3 is 0 Å². The lowest BCUT2D eigenvalue weighted by atomic mass is 9.90. The minimum atomic E-state index is -0.269. The van der Waals surface area contributed by atoms with Crippen LogP contribution in [0.25, 0.3) is 0 Å². The molecule has 0 spiro atoms. The number of nitrogens with one attached hydrogen (secondary N) is 1. The van der Waals surface area contributed by atoms with Crippen molar-refractivity contribution >= 4 is 15.9 Å². The molecule has 0 aliphatic carbocycles. The Bertz CT molecular complexity index is 429. The van der Waals surface area contributed by atoms with Crippen LogP contribution < -0.4 is 5.32 Å². The fourth-order valence-corrected chi connectivity index (χ4v) is 2.93. The summed E-state index contributed by atoms with van der Waals surface area (Å²) in [5, 5.41) is 8.09. The summed E-state index contributed by atoms with van der Waals surface area (Å²) < 4.78 is 8.93. The fraction of sp³-hybridized carbons (Fsp3) is 0.800. The second-order valence-corrected chi connectivity index (χ2v) is 6.62. The van der Waals surface area contributed by atoms with E-state index >= 15 is 0 Å². The monoisotopic (exact) mass is 360 g/mol. The second kappa shape index (κ2) is 8.27. The van der Waals surface area contributed by atoms with Gasteiger partial charge < -0.3 is 15.0 Å². The largest absolute Gasteiger partial charge is 0.376 e. The highest BCUT2D eigenvalue weighted by molar-refractivity contribution is 9.10. The smallest absolute Gasteiger partial charge is 0.0857 e. The number of hydrogen-bond donors (Lipinski definition) is 1. The molecule has 0 aromatic carbocycles. The van der Waals surface area contributed by atoms with Gasteiger partial charge in [-0.25, -0.2) is 0 Å². The summed E-state index contributed by atoms with van der Waals surface area (Å²) in [6, 6.07) is 0.0940. The first-order valence-electron chi connectivity index (χ1n) is 7.54. The van der Waals surface area contributed by atoms with Crippen molar-refractivity contribution in [1.29, 1.82) is 0 Å². The van der Waals surface area contributed by atoms with Crippen molar-refractivity contribution in [3.05, 3.63) is 16.4 Å². The maximum Gasteiger partial charge on any atom is 0.0857 e. The predicted octanol–water partition coefficient (Wildman–Crippen LogP) is 2.67. The Labute approximate surface area is 137 Å². The number of nitrogens with zero attached hydrogens (tertiary/aromatic N) is 3. The summed E-state index contributed by atoms with van der Waals surface area (Å²) in [7, 11) is 5.93. The molecule has 21 heavy (non-hydrogen) atoms. The Morgan fingerprint density at radius 3 is 2.62 bits per heavy atom. The number of halogens is 1. The van der Waals surface area contributed by atoms with E-state index < -0.39 is 0 Å². The Hall–Kier alpha value is -0.430. The van der Waals surface area contributed by atoms with Crippen LogP contribution in [0.1, 0.15) is 38.9 Å². The van der Waals surface area contributed by atoms with Crippen molar-refractivity contribution in [2.75, 3.05) is 34.3 Å². The zero-order valence-corrected chi connectivity index (χ0v) is 15.7. The summed E-state index contributed by atoms with van der Waals surface area (Å²) in [6.07, 6.45) is 2.80. The van der Waals surface area contributed by atoms with E-state index in [2.05, 4.69) is 70.8 Å². The predicted molar refractivity (Wildman–Crippen MR) is 90.6 cm³/mol. The van der Waals surface area contributed by atoms with E-state index in [1.54, 1.807) is 7.11 Å². The molecule has 1 aromatic heterocycles. The molecule has 0 fully saturated rings. The topological polar surface area (TPSA) is 42.3 Å². The number of rotatable bonds is 9. The highest BCUT2D eigenvalue weighted by atomic mass is 79.9. The van der Waals surface area contributed by atoms with Crippen molar-refractivity contribution in [2.45, 2.75) is 45.4 Å².